The van der Waals surface area contributed by atoms with Gasteiger partial charge in [-0.25, -0.2) is 9.18 Å². The van der Waals surface area contributed by atoms with Crippen LogP contribution in [0.25, 0.3) is 0 Å². The van der Waals surface area contributed by atoms with E-state index >= 15 is 0 Å². The molecule has 7 heteroatoms. The van der Waals surface area contributed by atoms with Crippen molar-refractivity contribution < 1.29 is 18.8 Å². The van der Waals surface area contributed by atoms with Gasteiger partial charge >= 0.3 is 6.03 Å². The monoisotopic (exact) mass is 411 g/mol. The minimum absolute atomic E-state index is 0.284. The van der Waals surface area contributed by atoms with Gasteiger partial charge in [0, 0.05) is 13.6 Å². The van der Waals surface area contributed by atoms with E-state index in [9.17, 15) is 18.8 Å². The number of carbonyl (C=O) groups is 3. The fourth-order valence-electron chi connectivity index (χ4n) is 3.77. The minimum Gasteiger partial charge on any atom is -0.340 e. The van der Waals surface area contributed by atoms with Gasteiger partial charge < -0.3 is 10.2 Å². The topological polar surface area (TPSA) is 69.7 Å². The lowest BCUT2D eigenvalue weighted by atomic mass is 9.87. The van der Waals surface area contributed by atoms with Crippen molar-refractivity contribution in [3.05, 3.63) is 70.5 Å². The molecule has 1 fully saturated rings. The molecule has 1 unspecified atom stereocenters. The summed E-state index contributed by atoms with van der Waals surface area (Å²) < 4.78 is 13.3. The summed E-state index contributed by atoms with van der Waals surface area (Å²) in [5, 5.41) is 2.71. The van der Waals surface area contributed by atoms with Crippen molar-refractivity contribution in [3.63, 3.8) is 0 Å². The summed E-state index contributed by atoms with van der Waals surface area (Å²) >= 11 is 0. The largest absolute Gasteiger partial charge is 0.340 e. The van der Waals surface area contributed by atoms with Gasteiger partial charge in [0.15, 0.2) is 0 Å². The maximum Gasteiger partial charge on any atom is 0.325 e. The zero-order chi connectivity index (χ0) is 22.1. The molecule has 0 radical (unpaired) electrons. The Labute approximate surface area is 175 Å². The number of hydrogen-bond acceptors (Lipinski definition) is 3. The molecule has 158 valence electrons. The van der Waals surface area contributed by atoms with Crippen LogP contribution in [0.1, 0.15) is 35.6 Å². The zero-order valence-corrected chi connectivity index (χ0v) is 17.7. The minimum atomic E-state index is -1.29. The number of carbonyl (C=O) groups excluding carboxylic acids is 3. The molecule has 1 aliphatic rings. The third-order valence-electron chi connectivity index (χ3n) is 5.67. The van der Waals surface area contributed by atoms with Crippen LogP contribution in [0.4, 0.5) is 9.18 Å². The summed E-state index contributed by atoms with van der Waals surface area (Å²) in [6, 6.07) is 10.8. The van der Waals surface area contributed by atoms with Crippen LogP contribution in [0.15, 0.2) is 42.5 Å². The average Bonchev–Trinajstić information content (AvgIpc) is 2.95. The Hall–Kier alpha value is -3.22. The molecule has 1 N–H and O–H groups in total. The molecule has 4 amide bonds. The van der Waals surface area contributed by atoms with Crippen LogP contribution >= 0.6 is 0 Å². The molecule has 6 nitrogen and oxygen atoms in total. The molecule has 1 heterocycles. The normalized spacial score (nSPS) is 18.5. The Morgan fingerprint density at radius 3 is 2.40 bits per heavy atom. The molecule has 1 atom stereocenters. The molecule has 0 aromatic heterocycles. The summed E-state index contributed by atoms with van der Waals surface area (Å²) in [5.41, 5.74) is 2.41. The molecule has 0 saturated carbocycles. The first kappa shape index (κ1) is 21.5. The second-order valence-electron chi connectivity index (χ2n) is 7.77. The molecule has 2 aromatic carbocycles. The molecule has 0 bridgehead atoms. The van der Waals surface area contributed by atoms with Crippen LogP contribution in [0, 0.1) is 19.7 Å². The number of halogens is 1. The van der Waals surface area contributed by atoms with Gasteiger partial charge in [-0.1, -0.05) is 42.8 Å². The molecule has 1 aliphatic heterocycles. The lowest BCUT2D eigenvalue weighted by Crippen LogP contribution is -2.45. The summed E-state index contributed by atoms with van der Waals surface area (Å²) in [4.78, 5) is 40.9. The fraction of sp³-hybridized carbons (Fsp3) is 0.348. The van der Waals surface area contributed by atoms with Crippen molar-refractivity contribution in [1.82, 2.24) is 15.1 Å². The summed E-state index contributed by atoms with van der Waals surface area (Å²) in [5.74, 6) is -1.28. The van der Waals surface area contributed by atoms with Crippen molar-refractivity contribution in [2.24, 2.45) is 0 Å². The number of likely N-dealkylation sites (N-methyl/N-ethyl adjacent to an activating group) is 1. The lowest BCUT2D eigenvalue weighted by Gasteiger charge is -2.26. The first-order chi connectivity index (χ1) is 14.2. The maximum absolute atomic E-state index is 13.3. The van der Waals surface area contributed by atoms with Crippen LogP contribution in [0.3, 0.4) is 0 Å². The van der Waals surface area contributed by atoms with E-state index in [1.165, 1.54) is 29.2 Å². The van der Waals surface area contributed by atoms with Gasteiger partial charge in [-0.05, 0) is 49.1 Å². The number of urea groups is 1. The van der Waals surface area contributed by atoms with Crippen LogP contribution in [-0.2, 0) is 21.7 Å². The van der Waals surface area contributed by atoms with E-state index < -0.39 is 23.3 Å². The van der Waals surface area contributed by atoms with Gasteiger partial charge in [0.25, 0.3) is 5.91 Å². The van der Waals surface area contributed by atoms with Crippen molar-refractivity contribution in [1.29, 1.82) is 0 Å². The highest BCUT2D eigenvalue weighted by atomic mass is 19.1. The van der Waals surface area contributed by atoms with E-state index in [2.05, 4.69) is 5.32 Å². The van der Waals surface area contributed by atoms with Crippen LogP contribution < -0.4 is 5.32 Å². The second kappa shape index (κ2) is 8.26. The third-order valence-corrected chi connectivity index (χ3v) is 5.67. The van der Waals surface area contributed by atoms with Gasteiger partial charge in [-0.15, -0.1) is 0 Å². The van der Waals surface area contributed by atoms with Crippen LogP contribution in [-0.4, -0.2) is 41.2 Å². The van der Waals surface area contributed by atoms with Crippen molar-refractivity contribution in [2.45, 2.75) is 39.3 Å². The molecular formula is C23H26FN3O3. The van der Waals surface area contributed by atoms with E-state index in [1.807, 2.05) is 32.0 Å². The van der Waals surface area contributed by atoms with E-state index in [0.29, 0.717) is 12.1 Å². The molecule has 3 rings (SSSR count). The zero-order valence-electron chi connectivity index (χ0n) is 17.7. The number of nitrogens with one attached hydrogen (secondary N) is 1. The Kier molecular flexibility index (Phi) is 5.92. The van der Waals surface area contributed by atoms with Crippen molar-refractivity contribution in [3.8, 4) is 0 Å². The molecule has 0 spiro atoms. The predicted octanol–water partition coefficient (Wildman–Crippen LogP) is 3.26. The van der Waals surface area contributed by atoms with E-state index in [0.717, 1.165) is 21.6 Å². The number of hydrogen-bond donors (Lipinski definition) is 1. The second-order valence-corrected chi connectivity index (χ2v) is 7.77. The maximum atomic E-state index is 13.3. The van der Waals surface area contributed by atoms with E-state index in [1.54, 1.807) is 14.0 Å². The van der Waals surface area contributed by atoms with Gasteiger partial charge in [-0.2, -0.15) is 0 Å². The summed E-state index contributed by atoms with van der Waals surface area (Å²) in [7, 11) is 1.65. The lowest BCUT2D eigenvalue weighted by molar-refractivity contribution is -0.138. The quantitative estimate of drug-likeness (QED) is 0.742. The number of nitrogens with zero attached hydrogens (tertiary/aromatic N) is 2. The standard InChI is InChI=1S/C23H26FN3O3/c1-5-23(18-8-10-19(24)11-9-18)21(29)27(22(30)25-23)14-20(28)26(4)13-17-7-6-15(2)12-16(17)3/h6-12H,5,13-14H2,1-4H3,(H,25,30). The van der Waals surface area contributed by atoms with E-state index in [4.69, 9.17) is 0 Å². The number of imide groups is 1. The van der Waals surface area contributed by atoms with Crippen molar-refractivity contribution >= 4 is 17.8 Å². The average molecular weight is 411 g/mol. The SMILES string of the molecule is CCC1(c2ccc(F)cc2)NC(=O)N(CC(=O)N(C)Cc2ccc(C)cc2C)C1=O. The predicted molar refractivity (Wildman–Crippen MR) is 111 cm³/mol. The molecule has 30 heavy (non-hydrogen) atoms. The first-order valence-corrected chi connectivity index (χ1v) is 9.88. The van der Waals surface area contributed by atoms with Crippen LogP contribution in [0.2, 0.25) is 0 Å². The highest BCUT2D eigenvalue weighted by Gasteiger charge is 2.51. The Morgan fingerprint density at radius 1 is 1.13 bits per heavy atom. The summed E-state index contributed by atoms with van der Waals surface area (Å²) in [6.45, 7) is 5.78. The Balaban J connectivity index is 1.75. The van der Waals surface area contributed by atoms with Crippen LogP contribution in [0.5, 0.6) is 0 Å². The molecule has 0 aliphatic carbocycles. The highest BCUT2D eigenvalue weighted by Crippen LogP contribution is 2.32. The molecule has 2 aromatic rings. The molecular weight excluding hydrogens is 385 g/mol. The molecule has 1 saturated heterocycles. The van der Waals surface area contributed by atoms with Crippen molar-refractivity contribution in [2.75, 3.05) is 13.6 Å². The smallest absolute Gasteiger partial charge is 0.325 e. The van der Waals surface area contributed by atoms with Gasteiger partial charge in [-0.3, -0.25) is 14.5 Å². The number of aryl methyl sites for hydroxylation is 2. The van der Waals surface area contributed by atoms with Gasteiger partial charge in [0.2, 0.25) is 5.91 Å². The first-order valence-electron chi connectivity index (χ1n) is 9.88. The number of rotatable bonds is 6. The van der Waals surface area contributed by atoms with Gasteiger partial charge in [0.1, 0.15) is 17.9 Å². The Morgan fingerprint density at radius 2 is 1.80 bits per heavy atom. The van der Waals surface area contributed by atoms with Gasteiger partial charge in [0.05, 0.1) is 0 Å². The third kappa shape index (κ3) is 3.92. The fourth-order valence-corrected chi connectivity index (χ4v) is 3.77. The number of amides is 4. The summed E-state index contributed by atoms with van der Waals surface area (Å²) in [6.07, 6.45) is 0.284. The Bertz CT molecular complexity index is 990. The van der Waals surface area contributed by atoms with E-state index in [-0.39, 0.29) is 18.9 Å². The number of benzene rings is 2. The highest BCUT2D eigenvalue weighted by molar-refractivity contribution is 6.09.